The van der Waals surface area contributed by atoms with Gasteiger partial charge < -0.3 is 10.3 Å². The second kappa shape index (κ2) is 4.71. The van der Waals surface area contributed by atoms with Crippen molar-refractivity contribution in [3.8, 4) is 0 Å². The number of fused-ring (bicyclic) bond motifs is 1. The molecule has 0 saturated carbocycles. The Bertz CT molecular complexity index is 471. The lowest BCUT2D eigenvalue weighted by molar-refractivity contribution is 0.649. The number of benzene rings is 1. The van der Waals surface area contributed by atoms with Gasteiger partial charge in [0.25, 0.3) is 0 Å². The van der Waals surface area contributed by atoms with Crippen LogP contribution in [0.5, 0.6) is 0 Å². The van der Waals surface area contributed by atoms with Crippen molar-refractivity contribution in [2.75, 3.05) is 0 Å². The molecule has 1 heterocycles. The molecule has 1 atom stereocenters. The summed E-state index contributed by atoms with van der Waals surface area (Å²) in [4.78, 5) is 0. The number of aryl methyl sites for hydroxylation is 1. The van der Waals surface area contributed by atoms with Crippen LogP contribution in [0.4, 0.5) is 0 Å². The highest BCUT2D eigenvalue weighted by molar-refractivity contribution is 5.83. The molecule has 0 saturated heterocycles. The van der Waals surface area contributed by atoms with Crippen molar-refractivity contribution in [2.45, 2.75) is 39.3 Å². The van der Waals surface area contributed by atoms with Crippen molar-refractivity contribution in [3.63, 3.8) is 0 Å². The van der Waals surface area contributed by atoms with E-state index >= 15 is 0 Å². The quantitative estimate of drug-likeness (QED) is 0.837. The van der Waals surface area contributed by atoms with Crippen molar-refractivity contribution in [1.29, 1.82) is 0 Å². The molecular formula is C14H20N2. The molecule has 2 aromatic rings. The lowest BCUT2D eigenvalue weighted by Crippen LogP contribution is -2.21. The minimum Gasteiger partial charge on any atom is -0.348 e. The van der Waals surface area contributed by atoms with Gasteiger partial charge in [-0.25, -0.2) is 0 Å². The third-order valence-corrected chi connectivity index (χ3v) is 3.25. The minimum absolute atomic E-state index is 0.274. The van der Waals surface area contributed by atoms with Crippen LogP contribution >= 0.6 is 0 Å². The van der Waals surface area contributed by atoms with Crippen molar-refractivity contribution in [2.24, 2.45) is 5.73 Å². The molecule has 0 radical (unpaired) electrons. The second-order valence-electron chi connectivity index (χ2n) is 4.32. The molecule has 1 aromatic carbocycles. The summed E-state index contributed by atoms with van der Waals surface area (Å²) in [6.45, 7) is 5.33. The number of aromatic nitrogens is 1. The van der Waals surface area contributed by atoms with Crippen LogP contribution in [0.1, 0.15) is 25.8 Å². The van der Waals surface area contributed by atoms with Crippen LogP contribution in [0.3, 0.4) is 0 Å². The van der Waals surface area contributed by atoms with Gasteiger partial charge in [0, 0.05) is 29.7 Å². The zero-order chi connectivity index (χ0) is 11.5. The van der Waals surface area contributed by atoms with E-state index < -0.39 is 0 Å². The van der Waals surface area contributed by atoms with E-state index in [1.54, 1.807) is 0 Å². The van der Waals surface area contributed by atoms with E-state index in [-0.39, 0.29) is 6.04 Å². The monoisotopic (exact) mass is 216 g/mol. The molecule has 0 amide bonds. The summed E-state index contributed by atoms with van der Waals surface area (Å²) < 4.78 is 2.27. The molecule has 86 valence electrons. The van der Waals surface area contributed by atoms with Crippen molar-refractivity contribution >= 4 is 10.9 Å². The molecule has 1 unspecified atom stereocenters. The molecule has 0 aliphatic rings. The molecule has 0 spiro atoms. The summed E-state index contributed by atoms with van der Waals surface area (Å²) in [7, 11) is 0. The summed E-state index contributed by atoms with van der Waals surface area (Å²) in [5, 5.41) is 1.35. The average molecular weight is 216 g/mol. The Kier molecular flexibility index (Phi) is 3.30. The van der Waals surface area contributed by atoms with Gasteiger partial charge in [0.15, 0.2) is 0 Å². The van der Waals surface area contributed by atoms with Gasteiger partial charge in [-0.3, -0.25) is 0 Å². The second-order valence-corrected chi connectivity index (χ2v) is 4.32. The molecule has 0 bridgehead atoms. The zero-order valence-corrected chi connectivity index (χ0v) is 10.1. The lowest BCUT2D eigenvalue weighted by Gasteiger charge is -2.10. The van der Waals surface area contributed by atoms with Crippen molar-refractivity contribution < 1.29 is 0 Å². The van der Waals surface area contributed by atoms with Gasteiger partial charge in [-0.2, -0.15) is 0 Å². The first-order valence-electron chi connectivity index (χ1n) is 6.08. The first-order valence-corrected chi connectivity index (χ1v) is 6.08. The van der Waals surface area contributed by atoms with Crippen LogP contribution in [0, 0.1) is 0 Å². The molecule has 16 heavy (non-hydrogen) atoms. The van der Waals surface area contributed by atoms with Crippen LogP contribution in [-0.4, -0.2) is 10.6 Å². The van der Waals surface area contributed by atoms with Gasteiger partial charge in [-0.15, -0.1) is 0 Å². The smallest absolute Gasteiger partial charge is 0.0482 e. The summed E-state index contributed by atoms with van der Waals surface area (Å²) >= 11 is 0. The van der Waals surface area contributed by atoms with Crippen molar-refractivity contribution in [1.82, 2.24) is 4.57 Å². The highest BCUT2D eigenvalue weighted by Gasteiger charge is 2.07. The Morgan fingerprint density at radius 1 is 1.25 bits per heavy atom. The largest absolute Gasteiger partial charge is 0.348 e. The predicted octanol–water partition coefficient (Wildman–Crippen LogP) is 2.94. The predicted molar refractivity (Wildman–Crippen MR) is 69.6 cm³/mol. The number of hydrogen-bond acceptors (Lipinski definition) is 1. The topological polar surface area (TPSA) is 30.9 Å². The number of rotatable bonds is 4. The molecule has 2 heteroatoms. The van der Waals surface area contributed by atoms with Gasteiger partial charge in [-0.05, 0) is 37.5 Å². The number of hydrogen-bond donors (Lipinski definition) is 1. The maximum Gasteiger partial charge on any atom is 0.0482 e. The van der Waals surface area contributed by atoms with E-state index in [2.05, 4.69) is 48.9 Å². The average Bonchev–Trinajstić information content (AvgIpc) is 2.73. The van der Waals surface area contributed by atoms with Crippen LogP contribution < -0.4 is 5.73 Å². The molecule has 2 N–H and O–H groups in total. The molecule has 0 aliphatic carbocycles. The van der Waals surface area contributed by atoms with Gasteiger partial charge >= 0.3 is 0 Å². The highest BCUT2D eigenvalue weighted by Crippen LogP contribution is 2.21. The van der Waals surface area contributed by atoms with E-state index in [9.17, 15) is 0 Å². The van der Waals surface area contributed by atoms with Crippen LogP contribution in [0.2, 0.25) is 0 Å². The number of nitrogens with two attached hydrogens (primary N) is 1. The highest BCUT2D eigenvalue weighted by atomic mass is 14.9. The van der Waals surface area contributed by atoms with Crippen LogP contribution in [-0.2, 0) is 13.0 Å². The van der Waals surface area contributed by atoms with E-state index in [1.165, 1.54) is 16.5 Å². The van der Waals surface area contributed by atoms with Gasteiger partial charge in [-0.1, -0.05) is 19.1 Å². The summed E-state index contributed by atoms with van der Waals surface area (Å²) in [5.41, 5.74) is 8.73. The fourth-order valence-electron chi connectivity index (χ4n) is 2.17. The van der Waals surface area contributed by atoms with E-state index in [4.69, 9.17) is 5.73 Å². The van der Waals surface area contributed by atoms with Crippen molar-refractivity contribution in [3.05, 3.63) is 36.0 Å². The Labute approximate surface area is 97.1 Å². The summed E-state index contributed by atoms with van der Waals surface area (Å²) in [6, 6.07) is 8.98. The first kappa shape index (κ1) is 11.2. The maximum absolute atomic E-state index is 6.03. The third-order valence-electron chi connectivity index (χ3n) is 3.25. The van der Waals surface area contributed by atoms with Crippen LogP contribution in [0.15, 0.2) is 30.5 Å². The zero-order valence-electron chi connectivity index (χ0n) is 10.1. The Hall–Kier alpha value is -1.28. The summed E-state index contributed by atoms with van der Waals surface area (Å²) in [5.74, 6) is 0. The van der Waals surface area contributed by atoms with E-state index in [1.807, 2.05) is 0 Å². The number of nitrogens with zero attached hydrogens (tertiary/aromatic N) is 1. The third kappa shape index (κ3) is 1.98. The standard InChI is InChI=1S/C14H20N2/c1-3-12(15)10-11-6-5-7-14-13(11)8-9-16(14)4-2/h5-9,12H,3-4,10,15H2,1-2H3. The maximum atomic E-state index is 6.03. The molecule has 1 aromatic heterocycles. The molecule has 2 rings (SSSR count). The van der Waals surface area contributed by atoms with E-state index in [0.29, 0.717) is 0 Å². The first-order chi connectivity index (χ1) is 7.76. The lowest BCUT2D eigenvalue weighted by atomic mass is 10.0. The normalized spacial score (nSPS) is 13.2. The van der Waals surface area contributed by atoms with Crippen LogP contribution in [0.25, 0.3) is 10.9 Å². The SMILES string of the molecule is CCC(N)Cc1cccc2c1ccn2CC. The van der Waals surface area contributed by atoms with Gasteiger partial charge in [0.1, 0.15) is 0 Å². The molecular weight excluding hydrogens is 196 g/mol. The Morgan fingerprint density at radius 3 is 2.75 bits per heavy atom. The minimum atomic E-state index is 0.274. The Morgan fingerprint density at radius 2 is 2.06 bits per heavy atom. The van der Waals surface area contributed by atoms with Gasteiger partial charge in [0.05, 0.1) is 0 Å². The molecule has 2 nitrogen and oxygen atoms in total. The van der Waals surface area contributed by atoms with Gasteiger partial charge in [0.2, 0.25) is 0 Å². The fourth-order valence-corrected chi connectivity index (χ4v) is 2.17. The summed E-state index contributed by atoms with van der Waals surface area (Å²) in [6.07, 6.45) is 4.16. The molecule has 0 fully saturated rings. The Balaban J connectivity index is 2.42. The molecule has 0 aliphatic heterocycles. The van der Waals surface area contributed by atoms with E-state index in [0.717, 1.165) is 19.4 Å². The fraction of sp³-hybridized carbons (Fsp3) is 0.429.